The Morgan fingerprint density at radius 2 is 2.08 bits per heavy atom. The lowest BCUT2D eigenvalue weighted by Gasteiger charge is -2.40. The Labute approximate surface area is 149 Å². The summed E-state index contributed by atoms with van der Waals surface area (Å²) in [5.74, 6) is -2.35. The number of nitrogens with one attached hydrogen (secondary N) is 1. The van der Waals surface area contributed by atoms with E-state index in [9.17, 15) is 24.2 Å². The van der Waals surface area contributed by atoms with Crippen molar-refractivity contribution in [2.75, 3.05) is 20.8 Å². The van der Waals surface area contributed by atoms with Gasteiger partial charge in [0.05, 0.1) is 18.7 Å². The minimum atomic E-state index is -4.63. The molecule has 6 N–H and O–H groups in total. The van der Waals surface area contributed by atoms with Gasteiger partial charge in [0.2, 0.25) is 11.7 Å². The van der Waals surface area contributed by atoms with Crippen LogP contribution in [0, 0.1) is 0 Å². The molecule has 1 rings (SSSR count). The van der Waals surface area contributed by atoms with E-state index in [0.29, 0.717) is 0 Å². The number of phosphoric ester groups is 1. The van der Waals surface area contributed by atoms with Crippen molar-refractivity contribution in [1.82, 2.24) is 5.32 Å². The van der Waals surface area contributed by atoms with Gasteiger partial charge in [0, 0.05) is 21.1 Å². The van der Waals surface area contributed by atoms with Crippen LogP contribution in [0.15, 0.2) is 11.8 Å². The maximum Gasteiger partial charge on any atom is 0.529 e. The smallest absolute Gasteiger partial charge is 0.478 e. The van der Waals surface area contributed by atoms with Crippen LogP contribution in [0.25, 0.3) is 0 Å². The van der Waals surface area contributed by atoms with E-state index in [1.807, 2.05) is 0 Å². The first-order chi connectivity index (χ1) is 12.1. The van der Waals surface area contributed by atoms with Gasteiger partial charge in [0.25, 0.3) is 0 Å². The van der Waals surface area contributed by atoms with Crippen molar-refractivity contribution in [3.8, 4) is 0 Å². The number of hydrogen-bond donors (Lipinski definition) is 5. The number of rotatable bonds is 8. The Balaban J connectivity index is 3.16. The molecule has 0 bridgehead atoms. The first kappa shape index (κ1) is 22.5. The van der Waals surface area contributed by atoms with Gasteiger partial charge in [0.15, 0.2) is 0 Å². The van der Waals surface area contributed by atoms with Crippen molar-refractivity contribution in [2.24, 2.45) is 5.73 Å². The summed E-state index contributed by atoms with van der Waals surface area (Å²) in [6.45, 7) is 0.529. The zero-order chi connectivity index (χ0) is 20.1. The fourth-order valence-corrected chi connectivity index (χ4v) is 2.73. The average Bonchev–Trinajstić information content (AvgIpc) is 2.57. The van der Waals surface area contributed by atoms with Crippen LogP contribution in [0.3, 0.4) is 0 Å². The van der Waals surface area contributed by atoms with E-state index >= 15 is 0 Å². The third-order valence-electron chi connectivity index (χ3n) is 3.54. The number of ether oxygens (including phenoxy) is 2. The lowest BCUT2D eigenvalue weighted by molar-refractivity contribution is -0.148. The van der Waals surface area contributed by atoms with Gasteiger partial charge < -0.3 is 35.3 Å². The molecule has 0 aromatic rings. The summed E-state index contributed by atoms with van der Waals surface area (Å²) in [6, 6.07) is -1.93. The Morgan fingerprint density at radius 1 is 1.46 bits per heavy atom. The van der Waals surface area contributed by atoms with Gasteiger partial charge in [-0.15, -0.1) is 0 Å². The molecule has 0 aromatic heterocycles. The standard InChI is InChI=1S/C13H23N2O10P/c1-6(17)15-10-7(14)4-9(13(19)25-26(20,21)23-3)24-12(10)11(22-2)8(18)5-16/h4,7-8,10-12,16,18H,5,14H2,1-3H3,(H,15,17)(H,20,21)/t7-,8+,10+,11+,12+/m0/s1. The SMILES string of the molecule is CO[C@@H]([C@@H]1OC(C(=O)OP(=O)(O)OC)=C[C@H](N)[C@H]1NC(C)=O)[C@H](O)CO. The quantitative estimate of drug-likeness (QED) is 0.278. The lowest BCUT2D eigenvalue weighted by atomic mass is 9.92. The normalized spacial score (nSPS) is 27.3. The van der Waals surface area contributed by atoms with Gasteiger partial charge in [-0.25, -0.2) is 9.36 Å². The molecule has 1 heterocycles. The molecule has 6 atom stereocenters. The third-order valence-corrected chi connectivity index (χ3v) is 4.40. The molecule has 150 valence electrons. The number of carbonyl (C=O) groups is 2. The first-order valence-electron chi connectivity index (χ1n) is 7.41. The van der Waals surface area contributed by atoms with E-state index in [-0.39, 0.29) is 0 Å². The highest BCUT2D eigenvalue weighted by molar-refractivity contribution is 7.48. The van der Waals surface area contributed by atoms with E-state index < -0.39 is 62.5 Å². The van der Waals surface area contributed by atoms with Crippen molar-refractivity contribution < 1.29 is 47.8 Å². The second-order valence-electron chi connectivity index (χ2n) is 5.40. The Morgan fingerprint density at radius 3 is 2.54 bits per heavy atom. The molecule has 0 radical (unpaired) electrons. The average molecular weight is 398 g/mol. The Hall–Kier alpha value is -1.53. The van der Waals surface area contributed by atoms with Crippen molar-refractivity contribution >= 4 is 19.7 Å². The molecular formula is C13H23N2O10P. The molecule has 0 saturated carbocycles. The highest BCUT2D eigenvalue weighted by Gasteiger charge is 2.44. The van der Waals surface area contributed by atoms with E-state index in [0.717, 1.165) is 13.2 Å². The largest absolute Gasteiger partial charge is 0.529 e. The molecule has 26 heavy (non-hydrogen) atoms. The molecule has 12 nitrogen and oxygen atoms in total. The van der Waals surface area contributed by atoms with Gasteiger partial charge in [0.1, 0.15) is 18.3 Å². The van der Waals surface area contributed by atoms with Gasteiger partial charge in [-0.05, 0) is 6.08 Å². The maximum absolute atomic E-state index is 12.0. The molecule has 13 heteroatoms. The van der Waals surface area contributed by atoms with Crippen LogP contribution in [0.1, 0.15) is 6.92 Å². The van der Waals surface area contributed by atoms with Crippen LogP contribution in [-0.4, -0.2) is 78.2 Å². The monoisotopic (exact) mass is 398 g/mol. The van der Waals surface area contributed by atoms with E-state index in [1.165, 1.54) is 14.0 Å². The summed E-state index contributed by atoms with van der Waals surface area (Å²) >= 11 is 0. The molecule has 1 unspecified atom stereocenters. The zero-order valence-corrected chi connectivity index (χ0v) is 15.3. The van der Waals surface area contributed by atoms with Crippen molar-refractivity contribution in [2.45, 2.75) is 37.3 Å². The summed E-state index contributed by atoms with van der Waals surface area (Å²) in [5, 5.41) is 21.6. The van der Waals surface area contributed by atoms with Gasteiger partial charge in [-0.2, -0.15) is 0 Å². The number of aliphatic hydroxyl groups is 2. The lowest BCUT2D eigenvalue weighted by Crippen LogP contribution is -2.62. The minimum absolute atomic E-state index is 0.467. The molecule has 0 aromatic carbocycles. The Kier molecular flexibility index (Phi) is 8.15. The van der Waals surface area contributed by atoms with Crippen LogP contribution < -0.4 is 11.1 Å². The number of methoxy groups -OCH3 is 1. The molecule has 1 aliphatic rings. The molecule has 1 amide bonds. The number of carbonyl (C=O) groups excluding carboxylic acids is 2. The van der Waals surface area contributed by atoms with E-state index in [4.69, 9.17) is 20.3 Å². The van der Waals surface area contributed by atoms with Gasteiger partial charge in [-0.3, -0.25) is 14.2 Å². The summed E-state index contributed by atoms with van der Waals surface area (Å²) in [5.41, 5.74) is 5.93. The summed E-state index contributed by atoms with van der Waals surface area (Å²) < 4.78 is 30.3. The van der Waals surface area contributed by atoms with Crippen molar-refractivity contribution in [3.05, 3.63) is 11.8 Å². The molecule has 0 fully saturated rings. The van der Waals surface area contributed by atoms with E-state index in [2.05, 4.69) is 14.4 Å². The topological polar surface area (TPSA) is 187 Å². The fourth-order valence-electron chi connectivity index (χ4n) is 2.36. The predicted octanol–water partition coefficient (Wildman–Crippen LogP) is -2.24. The number of aliphatic hydroxyl groups excluding tert-OH is 2. The number of amides is 1. The van der Waals surface area contributed by atoms with E-state index in [1.54, 1.807) is 0 Å². The summed E-state index contributed by atoms with van der Waals surface area (Å²) in [7, 11) is -2.55. The van der Waals surface area contributed by atoms with Gasteiger partial charge >= 0.3 is 13.8 Å². The number of hydrogen-bond acceptors (Lipinski definition) is 10. The molecule has 0 spiro atoms. The second kappa shape index (κ2) is 9.42. The van der Waals surface area contributed by atoms with Crippen LogP contribution in [0.2, 0.25) is 0 Å². The maximum atomic E-state index is 12.0. The van der Waals surface area contributed by atoms with Crippen LogP contribution in [0.4, 0.5) is 0 Å². The fraction of sp³-hybridized carbons (Fsp3) is 0.692. The molecular weight excluding hydrogens is 375 g/mol. The first-order valence-corrected chi connectivity index (χ1v) is 8.91. The number of phosphoric acid groups is 1. The Bertz CT molecular complexity index is 597. The second-order valence-corrected chi connectivity index (χ2v) is 6.88. The molecule has 1 aliphatic heterocycles. The van der Waals surface area contributed by atoms with Gasteiger partial charge in [-0.1, -0.05) is 0 Å². The predicted molar refractivity (Wildman–Crippen MR) is 85.4 cm³/mol. The highest BCUT2D eigenvalue weighted by Crippen LogP contribution is 2.43. The minimum Gasteiger partial charge on any atom is -0.478 e. The zero-order valence-electron chi connectivity index (χ0n) is 14.4. The van der Waals surface area contributed by atoms with Crippen LogP contribution in [0.5, 0.6) is 0 Å². The molecule has 0 aliphatic carbocycles. The van der Waals surface area contributed by atoms with Crippen molar-refractivity contribution in [1.29, 1.82) is 0 Å². The molecule has 0 saturated heterocycles. The summed E-state index contributed by atoms with van der Waals surface area (Å²) in [4.78, 5) is 32.7. The highest BCUT2D eigenvalue weighted by atomic mass is 31.2. The number of nitrogens with two attached hydrogens (primary N) is 1. The summed E-state index contributed by atoms with van der Waals surface area (Å²) in [6.07, 6.45) is -2.75. The van der Waals surface area contributed by atoms with Crippen LogP contribution >= 0.6 is 7.82 Å². The van der Waals surface area contributed by atoms with Crippen molar-refractivity contribution in [3.63, 3.8) is 0 Å². The third kappa shape index (κ3) is 5.74. The van der Waals surface area contributed by atoms with Crippen LogP contribution in [-0.2, 0) is 32.7 Å².